The van der Waals surface area contributed by atoms with Gasteiger partial charge in [0.05, 0.1) is 9.79 Å². The number of hydrogen-bond donors (Lipinski definition) is 1. The van der Waals surface area contributed by atoms with E-state index in [1.807, 2.05) is 37.3 Å². The van der Waals surface area contributed by atoms with Gasteiger partial charge in [-0.2, -0.15) is 4.31 Å². The third kappa shape index (κ3) is 5.00. The van der Waals surface area contributed by atoms with E-state index in [1.165, 1.54) is 28.6 Å². The molecular formula is C20H26N2O4S2. The molecule has 1 saturated heterocycles. The summed E-state index contributed by atoms with van der Waals surface area (Å²) >= 11 is 0. The Hall–Kier alpha value is -1.74. The zero-order chi connectivity index (χ0) is 20.2. The van der Waals surface area contributed by atoms with Crippen molar-refractivity contribution in [3.63, 3.8) is 0 Å². The quantitative estimate of drug-likeness (QED) is 0.709. The zero-order valence-corrected chi connectivity index (χ0v) is 17.5. The Morgan fingerprint density at radius 1 is 0.893 bits per heavy atom. The summed E-state index contributed by atoms with van der Waals surface area (Å²) in [7, 11) is -7.25. The average Bonchev–Trinajstić information content (AvgIpc) is 3.23. The maximum atomic E-state index is 12.6. The van der Waals surface area contributed by atoms with Crippen LogP contribution in [0.2, 0.25) is 0 Å². The van der Waals surface area contributed by atoms with Crippen molar-refractivity contribution in [2.24, 2.45) is 0 Å². The monoisotopic (exact) mass is 422 g/mol. The van der Waals surface area contributed by atoms with Gasteiger partial charge in [-0.3, -0.25) is 0 Å². The van der Waals surface area contributed by atoms with E-state index >= 15 is 0 Å². The zero-order valence-electron chi connectivity index (χ0n) is 15.9. The van der Waals surface area contributed by atoms with Crippen LogP contribution in [0.1, 0.15) is 31.7 Å². The summed E-state index contributed by atoms with van der Waals surface area (Å²) in [6.45, 7) is 2.86. The topological polar surface area (TPSA) is 83.5 Å². The van der Waals surface area contributed by atoms with Gasteiger partial charge < -0.3 is 0 Å². The molecule has 28 heavy (non-hydrogen) atoms. The molecule has 0 amide bonds. The molecule has 0 radical (unpaired) electrons. The standard InChI is InChI=1S/C20H26N2O4S2/c1-17(9-10-18-7-3-2-4-8-18)21-27(23,24)19-11-13-20(14-12-19)28(25,26)22-15-5-6-16-22/h2-4,7-8,11-14,17,21H,5-6,9-10,15-16H2,1H3. The van der Waals surface area contributed by atoms with Crippen LogP contribution in [0, 0.1) is 0 Å². The molecule has 2 aromatic carbocycles. The van der Waals surface area contributed by atoms with E-state index in [0.717, 1.165) is 24.8 Å². The molecule has 1 N–H and O–H groups in total. The number of nitrogens with zero attached hydrogens (tertiary/aromatic N) is 1. The number of sulfonamides is 2. The number of aryl methyl sites for hydroxylation is 1. The third-order valence-corrected chi connectivity index (χ3v) is 8.42. The highest BCUT2D eigenvalue weighted by Gasteiger charge is 2.27. The predicted octanol–water partition coefficient (Wildman–Crippen LogP) is 2.77. The van der Waals surface area contributed by atoms with E-state index in [2.05, 4.69) is 4.72 Å². The van der Waals surface area contributed by atoms with Crippen molar-refractivity contribution in [1.82, 2.24) is 9.03 Å². The lowest BCUT2D eigenvalue weighted by molar-refractivity contribution is 0.477. The summed E-state index contributed by atoms with van der Waals surface area (Å²) in [4.78, 5) is 0.199. The molecule has 8 heteroatoms. The maximum absolute atomic E-state index is 12.6. The van der Waals surface area contributed by atoms with Gasteiger partial charge in [0, 0.05) is 19.1 Å². The fourth-order valence-corrected chi connectivity index (χ4v) is 6.08. The first-order chi connectivity index (χ1) is 13.3. The van der Waals surface area contributed by atoms with E-state index < -0.39 is 20.0 Å². The van der Waals surface area contributed by atoms with Crippen LogP contribution in [-0.4, -0.2) is 40.3 Å². The summed E-state index contributed by atoms with van der Waals surface area (Å²) in [6.07, 6.45) is 3.16. The number of benzene rings is 2. The summed E-state index contributed by atoms with van der Waals surface area (Å²) in [5, 5.41) is 0. The van der Waals surface area contributed by atoms with Crippen LogP contribution in [0.15, 0.2) is 64.4 Å². The van der Waals surface area contributed by atoms with Gasteiger partial charge >= 0.3 is 0 Å². The fourth-order valence-electron chi connectivity index (χ4n) is 3.29. The molecule has 1 aliphatic rings. The molecule has 152 valence electrons. The number of nitrogens with one attached hydrogen (secondary N) is 1. The van der Waals surface area contributed by atoms with Gasteiger partial charge in [-0.25, -0.2) is 21.6 Å². The van der Waals surface area contributed by atoms with E-state index in [9.17, 15) is 16.8 Å². The van der Waals surface area contributed by atoms with Crippen molar-refractivity contribution in [1.29, 1.82) is 0 Å². The predicted molar refractivity (Wildman–Crippen MR) is 109 cm³/mol. The smallest absolute Gasteiger partial charge is 0.208 e. The average molecular weight is 423 g/mol. The van der Waals surface area contributed by atoms with Crippen LogP contribution < -0.4 is 4.72 Å². The highest BCUT2D eigenvalue weighted by atomic mass is 32.2. The molecule has 0 aromatic heterocycles. The Morgan fingerprint density at radius 3 is 2.07 bits per heavy atom. The molecule has 1 fully saturated rings. The van der Waals surface area contributed by atoms with Crippen LogP contribution in [0.5, 0.6) is 0 Å². The van der Waals surface area contributed by atoms with Crippen molar-refractivity contribution >= 4 is 20.0 Å². The first kappa shape index (κ1) is 21.0. The Morgan fingerprint density at radius 2 is 1.46 bits per heavy atom. The molecule has 0 bridgehead atoms. The molecule has 1 aliphatic heterocycles. The Labute approximate surface area is 167 Å². The summed E-state index contributed by atoms with van der Waals surface area (Å²) in [5.74, 6) is 0. The number of rotatable bonds is 8. The van der Waals surface area contributed by atoms with Gasteiger partial charge in [-0.1, -0.05) is 30.3 Å². The highest BCUT2D eigenvalue weighted by Crippen LogP contribution is 2.22. The summed E-state index contributed by atoms with van der Waals surface area (Å²) < 4.78 is 54.4. The van der Waals surface area contributed by atoms with E-state index in [0.29, 0.717) is 19.5 Å². The Kier molecular flexibility index (Phi) is 6.54. The SMILES string of the molecule is CC(CCc1ccccc1)NS(=O)(=O)c1ccc(S(=O)(=O)N2CCCC2)cc1. The normalized spacial score (nSPS) is 16.9. The van der Waals surface area contributed by atoms with Crippen molar-refractivity contribution in [2.75, 3.05) is 13.1 Å². The van der Waals surface area contributed by atoms with Crippen molar-refractivity contribution in [3.8, 4) is 0 Å². The maximum Gasteiger partial charge on any atom is 0.243 e. The fraction of sp³-hybridized carbons (Fsp3) is 0.400. The van der Waals surface area contributed by atoms with Crippen LogP contribution in [0.3, 0.4) is 0 Å². The van der Waals surface area contributed by atoms with Gasteiger partial charge in [0.1, 0.15) is 0 Å². The van der Waals surface area contributed by atoms with Gasteiger partial charge in [0.15, 0.2) is 0 Å². The second-order valence-corrected chi connectivity index (χ2v) is 10.8. The van der Waals surface area contributed by atoms with Gasteiger partial charge in [0.2, 0.25) is 20.0 Å². The molecule has 0 spiro atoms. The van der Waals surface area contributed by atoms with Crippen LogP contribution in [0.4, 0.5) is 0 Å². The first-order valence-corrected chi connectivity index (χ1v) is 12.4. The number of hydrogen-bond acceptors (Lipinski definition) is 4. The summed E-state index contributed by atoms with van der Waals surface area (Å²) in [5.41, 5.74) is 1.16. The molecule has 0 aliphatic carbocycles. The van der Waals surface area contributed by atoms with E-state index in [-0.39, 0.29) is 15.8 Å². The van der Waals surface area contributed by atoms with Gasteiger partial charge in [-0.15, -0.1) is 0 Å². The lowest BCUT2D eigenvalue weighted by Gasteiger charge is -2.17. The van der Waals surface area contributed by atoms with Gasteiger partial charge in [-0.05, 0) is 62.4 Å². The van der Waals surface area contributed by atoms with Crippen LogP contribution in [0.25, 0.3) is 0 Å². The second kappa shape index (κ2) is 8.73. The molecule has 6 nitrogen and oxygen atoms in total. The van der Waals surface area contributed by atoms with E-state index in [4.69, 9.17) is 0 Å². The molecule has 3 rings (SSSR count). The molecule has 2 aromatic rings. The first-order valence-electron chi connectivity index (χ1n) is 9.45. The van der Waals surface area contributed by atoms with Crippen molar-refractivity contribution in [2.45, 2.75) is 48.4 Å². The minimum Gasteiger partial charge on any atom is -0.208 e. The van der Waals surface area contributed by atoms with E-state index in [1.54, 1.807) is 0 Å². The third-order valence-electron chi connectivity index (χ3n) is 4.90. The molecule has 1 atom stereocenters. The lowest BCUT2D eigenvalue weighted by Crippen LogP contribution is -2.33. The minimum absolute atomic E-state index is 0.0689. The minimum atomic E-state index is -3.70. The van der Waals surface area contributed by atoms with Crippen LogP contribution in [-0.2, 0) is 26.5 Å². The largest absolute Gasteiger partial charge is 0.243 e. The second-order valence-electron chi connectivity index (χ2n) is 7.13. The Bertz CT molecular complexity index is 982. The van der Waals surface area contributed by atoms with Crippen molar-refractivity contribution < 1.29 is 16.8 Å². The molecule has 1 unspecified atom stereocenters. The van der Waals surface area contributed by atoms with Gasteiger partial charge in [0.25, 0.3) is 0 Å². The molecular weight excluding hydrogens is 396 g/mol. The highest BCUT2D eigenvalue weighted by molar-refractivity contribution is 7.89. The lowest BCUT2D eigenvalue weighted by atomic mass is 10.1. The van der Waals surface area contributed by atoms with Crippen molar-refractivity contribution in [3.05, 3.63) is 60.2 Å². The molecule has 0 saturated carbocycles. The molecule has 1 heterocycles. The summed E-state index contributed by atoms with van der Waals surface area (Å²) in [6, 6.07) is 15.1. The Balaban J connectivity index is 1.64. The van der Waals surface area contributed by atoms with Crippen LogP contribution >= 0.6 is 0 Å².